The second-order valence-corrected chi connectivity index (χ2v) is 11.8. The molecule has 0 radical (unpaired) electrons. The van der Waals surface area contributed by atoms with Gasteiger partial charge in [-0.05, 0) is 48.7 Å². The summed E-state index contributed by atoms with van der Waals surface area (Å²) in [6.07, 6.45) is 0. The van der Waals surface area contributed by atoms with E-state index < -0.39 is 39.3 Å². The zero-order chi connectivity index (χ0) is 29.4. The predicted molar refractivity (Wildman–Crippen MR) is 153 cm³/mol. The number of non-ortho nitro benzene ring substituents is 1. The largest absolute Gasteiger partial charge is 0.354 e. The fourth-order valence-corrected chi connectivity index (χ4v) is 5.46. The average molecular weight is 587 g/mol. The first-order valence-electron chi connectivity index (χ1n) is 12.5. The van der Waals surface area contributed by atoms with E-state index in [1.54, 1.807) is 49.4 Å². The van der Waals surface area contributed by atoms with Gasteiger partial charge in [0.25, 0.3) is 15.7 Å². The first kappa shape index (κ1) is 30.6. The normalized spacial score (nSPS) is 12.0. The molecule has 0 saturated heterocycles. The second-order valence-electron chi connectivity index (χ2n) is 9.53. The number of nitro groups is 1. The molecule has 1 N–H and O–H groups in total. The number of anilines is 1. The molecule has 1 unspecified atom stereocenters. The summed E-state index contributed by atoms with van der Waals surface area (Å²) in [6, 6.07) is 18.3. The predicted octanol–water partition coefficient (Wildman–Crippen LogP) is 4.63. The summed E-state index contributed by atoms with van der Waals surface area (Å²) >= 11 is 6.35. The first-order valence-corrected chi connectivity index (χ1v) is 14.4. The number of halogens is 1. The standard InChI is InChI=1S/C28H31ClN4O6S/c1-20(2)17-30-28(35)21(3)31(18-22-9-7-8-12-26(22)29)27(34)19-32(23-13-15-24(16-14-23)33(36)37)40(38,39)25-10-5-4-6-11-25/h4-16,20-21H,17-19H2,1-3H3,(H,30,35). The number of sulfonamides is 1. The van der Waals surface area contributed by atoms with E-state index in [2.05, 4.69) is 5.32 Å². The molecule has 3 aromatic carbocycles. The molecule has 3 aromatic rings. The van der Waals surface area contributed by atoms with Crippen molar-refractivity contribution in [3.05, 3.63) is 99.6 Å². The van der Waals surface area contributed by atoms with Crippen LogP contribution in [-0.4, -0.2) is 49.2 Å². The molecule has 3 rings (SSSR count). The molecular weight excluding hydrogens is 556 g/mol. The first-order chi connectivity index (χ1) is 18.9. The molecule has 0 saturated carbocycles. The minimum Gasteiger partial charge on any atom is -0.354 e. The van der Waals surface area contributed by atoms with E-state index in [1.807, 2.05) is 13.8 Å². The zero-order valence-electron chi connectivity index (χ0n) is 22.4. The van der Waals surface area contributed by atoms with Crippen LogP contribution in [0.15, 0.2) is 83.8 Å². The van der Waals surface area contributed by atoms with Crippen molar-refractivity contribution in [2.75, 3.05) is 17.4 Å². The van der Waals surface area contributed by atoms with Crippen LogP contribution in [-0.2, 0) is 26.2 Å². The Kier molecular flexibility index (Phi) is 10.2. The van der Waals surface area contributed by atoms with Crippen LogP contribution in [0.25, 0.3) is 0 Å². The summed E-state index contributed by atoms with van der Waals surface area (Å²) < 4.78 is 28.3. The lowest BCUT2D eigenvalue weighted by atomic mass is 10.1. The van der Waals surface area contributed by atoms with Gasteiger partial charge in [-0.3, -0.25) is 24.0 Å². The Bertz CT molecular complexity index is 1450. The number of nitro benzene ring substituents is 1. The summed E-state index contributed by atoms with van der Waals surface area (Å²) in [7, 11) is -4.27. The number of hydrogen-bond acceptors (Lipinski definition) is 6. The molecule has 212 valence electrons. The molecule has 0 fully saturated rings. The Morgan fingerprint density at radius 1 is 0.950 bits per heavy atom. The summed E-state index contributed by atoms with van der Waals surface area (Å²) in [5, 5.41) is 14.4. The van der Waals surface area contributed by atoms with Crippen molar-refractivity contribution in [3.8, 4) is 0 Å². The van der Waals surface area contributed by atoms with Gasteiger partial charge < -0.3 is 10.2 Å². The smallest absolute Gasteiger partial charge is 0.269 e. The summed E-state index contributed by atoms with van der Waals surface area (Å²) in [5.41, 5.74) is 0.397. The van der Waals surface area contributed by atoms with Crippen LogP contribution in [0.1, 0.15) is 26.3 Å². The Hall–Kier alpha value is -3.96. The highest BCUT2D eigenvalue weighted by Gasteiger charge is 2.33. The van der Waals surface area contributed by atoms with Gasteiger partial charge in [0.05, 0.1) is 15.5 Å². The van der Waals surface area contributed by atoms with Crippen LogP contribution in [0.2, 0.25) is 5.02 Å². The summed E-state index contributed by atoms with van der Waals surface area (Å²) in [4.78, 5) is 38.6. The van der Waals surface area contributed by atoms with Gasteiger partial charge in [0.1, 0.15) is 12.6 Å². The number of amides is 2. The minimum atomic E-state index is -4.27. The van der Waals surface area contributed by atoms with Crippen molar-refractivity contribution in [1.82, 2.24) is 10.2 Å². The van der Waals surface area contributed by atoms with E-state index in [4.69, 9.17) is 11.6 Å². The van der Waals surface area contributed by atoms with Crippen molar-refractivity contribution in [2.24, 2.45) is 5.92 Å². The maximum absolute atomic E-state index is 13.9. The zero-order valence-corrected chi connectivity index (χ0v) is 23.9. The van der Waals surface area contributed by atoms with Crippen molar-refractivity contribution >= 4 is 44.8 Å². The molecular formula is C28H31ClN4O6S. The van der Waals surface area contributed by atoms with Crippen LogP contribution >= 0.6 is 11.6 Å². The van der Waals surface area contributed by atoms with Gasteiger partial charge in [-0.1, -0.05) is 61.8 Å². The highest BCUT2D eigenvalue weighted by Crippen LogP contribution is 2.27. The molecule has 2 amide bonds. The molecule has 0 aliphatic heterocycles. The lowest BCUT2D eigenvalue weighted by Crippen LogP contribution is -2.51. The molecule has 12 heteroatoms. The van der Waals surface area contributed by atoms with Gasteiger partial charge in [-0.15, -0.1) is 0 Å². The fraction of sp³-hybridized carbons (Fsp3) is 0.286. The lowest BCUT2D eigenvalue weighted by Gasteiger charge is -2.32. The number of rotatable bonds is 12. The molecule has 0 heterocycles. The summed E-state index contributed by atoms with van der Waals surface area (Å²) in [5.74, 6) is -0.885. The quantitative estimate of drug-likeness (QED) is 0.243. The Balaban J connectivity index is 2.03. The maximum Gasteiger partial charge on any atom is 0.269 e. The van der Waals surface area contributed by atoms with E-state index >= 15 is 0 Å². The number of carbonyl (C=O) groups is 2. The Morgan fingerprint density at radius 3 is 2.12 bits per heavy atom. The number of nitrogens with one attached hydrogen (secondary N) is 1. The number of nitrogens with zero attached hydrogens (tertiary/aromatic N) is 3. The summed E-state index contributed by atoms with van der Waals surface area (Å²) in [6.45, 7) is 5.12. The average Bonchev–Trinajstić information content (AvgIpc) is 2.94. The lowest BCUT2D eigenvalue weighted by molar-refractivity contribution is -0.384. The highest BCUT2D eigenvalue weighted by molar-refractivity contribution is 7.92. The Labute approximate surface area is 238 Å². The van der Waals surface area contributed by atoms with Crippen molar-refractivity contribution in [3.63, 3.8) is 0 Å². The maximum atomic E-state index is 13.9. The molecule has 0 aromatic heterocycles. The van der Waals surface area contributed by atoms with E-state index in [1.165, 1.54) is 29.2 Å². The van der Waals surface area contributed by atoms with Gasteiger partial charge >= 0.3 is 0 Å². The number of hydrogen-bond donors (Lipinski definition) is 1. The third kappa shape index (κ3) is 7.57. The van der Waals surface area contributed by atoms with Gasteiger partial charge in [0, 0.05) is 30.2 Å². The van der Waals surface area contributed by atoms with Crippen LogP contribution in [0.5, 0.6) is 0 Å². The number of benzene rings is 3. The molecule has 40 heavy (non-hydrogen) atoms. The van der Waals surface area contributed by atoms with Crippen molar-refractivity contribution in [1.29, 1.82) is 0 Å². The van der Waals surface area contributed by atoms with Crippen LogP contribution in [0, 0.1) is 16.0 Å². The Morgan fingerprint density at radius 2 is 1.55 bits per heavy atom. The van der Waals surface area contributed by atoms with E-state index in [0.29, 0.717) is 17.1 Å². The van der Waals surface area contributed by atoms with E-state index in [-0.39, 0.29) is 28.7 Å². The molecule has 0 aliphatic carbocycles. The van der Waals surface area contributed by atoms with E-state index in [0.717, 1.165) is 16.4 Å². The minimum absolute atomic E-state index is 0.0474. The molecule has 0 spiro atoms. The van der Waals surface area contributed by atoms with Gasteiger partial charge in [0.15, 0.2) is 0 Å². The van der Waals surface area contributed by atoms with Crippen LogP contribution in [0.3, 0.4) is 0 Å². The third-order valence-corrected chi connectivity index (χ3v) is 8.27. The van der Waals surface area contributed by atoms with Crippen LogP contribution < -0.4 is 9.62 Å². The van der Waals surface area contributed by atoms with Gasteiger partial charge in [0.2, 0.25) is 11.8 Å². The van der Waals surface area contributed by atoms with Crippen molar-refractivity contribution in [2.45, 2.75) is 38.3 Å². The molecule has 1 atom stereocenters. The fourth-order valence-electron chi connectivity index (χ4n) is 3.83. The third-order valence-electron chi connectivity index (χ3n) is 6.11. The molecule has 10 nitrogen and oxygen atoms in total. The van der Waals surface area contributed by atoms with Crippen LogP contribution in [0.4, 0.5) is 11.4 Å². The topological polar surface area (TPSA) is 130 Å². The van der Waals surface area contributed by atoms with E-state index in [9.17, 15) is 28.1 Å². The number of carbonyl (C=O) groups excluding carboxylic acids is 2. The van der Waals surface area contributed by atoms with Crippen molar-refractivity contribution < 1.29 is 22.9 Å². The SMILES string of the molecule is CC(C)CNC(=O)C(C)N(Cc1ccccc1Cl)C(=O)CN(c1ccc([N+](=O)[O-])cc1)S(=O)(=O)c1ccccc1. The van der Waals surface area contributed by atoms with Gasteiger partial charge in [-0.25, -0.2) is 8.42 Å². The highest BCUT2D eigenvalue weighted by atomic mass is 35.5. The monoisotopic (exact) mass is 586 g/mol. The second kappa shape index (κ2) is 13.4. The van der Waals surface area contributed by atoms with Gasteiger partial charge in [-0.2, -0.15) is 0 Å². The molecule has 0 bridgehead atoms. The molecule has 0 aliphatic rings.